The third-order valence-electron chi connectivity index (χ3n) is 2.66. The molecule has 2 aromatic rings. The molecule has 0 fully saturated rings. The van der Waals surface area contributed by atoms with E-state index in [4.69, 9.17) is 4.42 Å². The molecule has 0 aliphatic carbocycles. The van der Waals surface area contributed by atoms with Crippen molar-refractivity contribution in [2.75, 3.05) is 11.4 Å². The zero-order valence-corrected chi connectivity index (χ0v) is 10.0. The Balaban J connectivity index is 2.32. The molecule has 0 radical (unpaired) electrons. The summed E-state index contributed by atoms with van der Waals surface area (Å²) in [6.45, 7) is 4.88. The van der Waals surface area contributed by atoms with Crippen LogP contribution in [0.5, 0.6) is 0 Å². The molecule has 3 heteroatoms. The highest BCUT2D eigenvalue weighted by atomic mass is 16.4. The Morgan fingerprint density at radius 3 is 2.41 bits per heavy atom. The van der Waals surface area contributed by atoms with Gasteiger partial charge in [0.2, 0.25) is 5.88 Å². The predicted octanol–water partition coefficient (Wildman–Crippen LogP) is 3.56. The molecule has 2 rings (SSSR count). The summed E-state index contributed by atoms with van der Waals surface area (Å²) < 4.78 is 5.43. The predicted molar refractivity (Wildman–Crippen MR) is 68.0 cm³/mol. The normalized spacial score (nSPS) is 10.2. The van der Waals surface area contributed by atoms with Crippen LogP contribution in [0.2, 0.25) is 0 Å². The van der Waals surface area contributed by atoms with Gasteiger partial charge in [-0.05, 0) is 32.0 Å². The fourth-order valence-electron chi connectivity index (χ4n) is 1.74. The highest BCUT2D eigenvalue weighted by molar-refractivity contribution is 5.72. The first-order chi connectivity index (χ1) is 8.24. The standard InChI is InChI=1S/C14H15NO2/c1-3-15(12-6-4-11(2)5-7-12)14-9-8-13(10-16)17-14/h4-10H,3H2,1-2H3. The SMILES string of the molecule is CCN(c1ccc(C)cc1)c1ccc(C=O)o1. The maximum atomic E-state index is 10.6. The van der Waals surface area contributed by atoms with E-state index in [1.165, 1.54) is 5.56 Å². The minimum atomic E-state index is 0.352. The van der Waals surface area contributed by atoms with Gasteiger partial charge in [0.1, 0.15) is 0 Å². The topological polar surface area (TPSA) is 33.5 Å². The van der Waals surface area contributed by atoms with Crippen molar-refractivity contribution in [1.82, 2.24) is 0 Å². The summed E-state index contributed by atoms with van der Waals surface area (Å²) in [5.41, 5.74) is 2.28. The van der Waals surface area contributed by atoms with E-state index in [0.717, 1.165) is 12.2 Å². The van der Waals surface area contributed by atoms with Crippen LogP contribution in [0.15, 0.2) is 40.8 Å². The quantitative estimate of drug-likeness (QED) is 0.751. The van der Waals surface area contributed by atoms with Gasteiger partial charge < -0.3 is 9.32 Å². The van der Waals surface area contributed by atoms with Crippen LogP contribution in [-0.2, 0) is 0 Å². The van der Waals surface area contributed by atoms with Gasteiger partial charge in [-0.15, -0.1) is 0 Å². The molecule has 1 heterocycles. The molecule has 88 valence electrons. The summed E-state index contributed by atoms with van der Waals surface area (Å²) in [4.78, 5) is 12.6. The van der Waals surface area contributed by atoms with Crippen LogP contribution in [0.25, 0.3) is 0 Å². The van der Waals surface area contributed by atoms with Gasteiger partial charge in [-0.25, -0.2) is 0 Å². The zero-order chi connectivity index (χ0) is 12.3. The lowest BCUT2D eigenvalue weighted by atomic mass is 10.2. The summed E-state index contributed by atoms with van der Waals surface area (Å²) in [5.74, 6) is 1.05. The number of anilines is 2. The van der Waals surface area contributed by atoms with Crippen molar-refractivity contribution < 1.29 is 9.21 Å². The molecule has 0 saturated carbocycles. The maximum absolute atomic E-state index is 10.6. The number of nitrogens with zero attached hydrogens (tertiary/aromatic N) is 1. The Bertz CT molecular complexity index is 499. The molecule has 1 aromatic carbocycles. The Labute approximate surface area is 101 Å². The number of hydrogen-bond donors (Lipinski definition) is 0. The number of carbonyl (C=O) groups excluding carboxylic acids is 1. The van der Waals surface area contributed by atoms with E-state index in [1.807, 2.05) is 30.0 Å². The molecule has 3 nitrogen and oxygen atoms in total. The fourth-order valence-corrected chi connectivity index (χ4v) is 1.74. The summed E-state index contributed by atoms with van der Waals surface area (Å²) in [5, 5.41) is 0. The lowest BCUT2D eigenvalue weighted by molar-refractivity contribution is 0.110. The van der Waals surface area contributed by atoms with Crippen LogP contribution < -0.4 is 4.90 Å². The molecule has 0 atom stereocenters. The highest BCUT2D eigenvalue weighted by Gasteiger charge is 2.11. The van der Waals surface area contributed by atoms with Crippen molar-refractivity contribution >= 4 is 17.9 Å². The Morgan fingerprint density at radius 2 is 1.88 bits per heavy atom. The monoisotopic (exact) mass is 229 g/mol. The minimum Gasteiger partial charge on any atom is -0.437 e. The molecule has 0 aliphatic rings. The second-order valence-corrected chi connectivity index (χ2v) is 3.87. The van der Waals surface area contributed by atoms with E-state index in [1.54, 1.807) is 6.07 Å². The Kier molecular flexibility index (Phi) is 3.28. The third-order valence-corrected chi connectivity index (χ3v) is 2.66. The van der Waals surface area contributed by atoms with Crippen LogP contribution in [0.3, 0.4) is 0 Å². The number of hydrogen-bond acceptors (Lipinski definition) is 3. The van der Waals surface area contributed by atoms with Crippen LogP contribution in [-0.4, -0.2) is 12.8 Å². The molecule has 0 N–H and O–H groups in total. The first-order valence-corrected chi connectivity index (χ1v) is 5.64. The molecule has 0 unspecified atom stereocenters. The van der Waals surface area contributed by atoms with Gasteiger partial charge in [-0.1, -0.05) is 17.7 Å². The first-order valence-electron chi connectivity index (χ1n) is 5.64. The van der Waals surface area contributed by atoms with Crippen molar-refractivity contribution in [1.29, 1.82) is 0 Å². The van der Waals surface area contributed by atoms with E-state index in [0.29, 0.717) is 17.9 Å². The van der Waals surface area contributed by atoms with Crippen LogP contribution in [0.1, 0.15) is 23.0 Å². The summed E-state index contributed by atoms with van der Waals surface area (Å²) in [7, 11) is 0. The van der Waals surface area contributed by atoms with Gasteiger partial charge in [0.15, 0.2) is 12.0 Å². The molecular formula is C14H15NO2. The Hall–Kier alpha value is -2.03. The van der Waals surface area contributed by atoms with E-state index in [2.05, 4.69) is 19.1 Å². The molecule has 0 bridgehead atoms. The number of benzene rings is 1. The second kappa shape index (κ2) is 4.87. The van der Waals surface area contributed by atoms with Crippen molar-refractivity contribution in [3.05, 3.63) is 47.7 Å². The van der Waals surface area contributed by atoms with Crippen LogP contribution >= 0.6 is 0 Å². The molecular weight excluding hydrogens is 214 g/mol. The van der Waals surface area contributed by atoms with Crippen molar-refractivity contribution in [3.63, 3.8) is 0 Å². The van der Waals surface area contributed by atoms with Gasteiger partial charge in [-0.3, -0.25) is 4.79 Å². The number of aryl methyl sites for hydroxylation is 1. The fraction of sp³-hybridized carbons (Fsp3) is 0.214. The van der Waals surface area contributed by atoms with E-state index >= 15 is 0 Å². The van der Waals surface area contributed by atoms with Gasteiger partial charge >= 0.3 is 0 Å². The first kappa shape index (κ1) is 11.5. The largest absolute Gasteiger partial charge is 0.437 e. The van der Waals surface area contributed by atoms with E-state index in [-0.39, 0.29) is 0 Å². The third kappa shape index (κ3) is 2.38. The number of furan rings is 1. The molecule has 0 spiro atoms. The summed E-state index contributed by atoms with van der Waals surface area (Å²) >= 11 is 0. The van der Waals surface area contributed by atoms with Gasteiger partial charge in [-0.2, -0.15) is 0 Å². The molecule has 17 heavy (non-hydrogen) atoms. The van der Waals surface area contributed by atoms with Crippen molar-refractivity contribution in [3.8, 4) is 0 Å². The molecule has 1 aromatic heterocycles. The summed E-state index contributed by atoms with van der Waals surface area (Å²) in [6.07, 6.45) is 0.715. The van der Waals surface area contributed by atoms with Crippen molar-refractivity contribution in [2.45, 2.75) is 13.8 Å². The van der Waals surface area contributed by atoms with Crippen LogP contribution in [0, 0.1) is 6.92 Å². The van der Waals surface area contributed by atoms with Gasteiger partial charge in [0.25, 0.3) is 0 Å². The number of carbonyl (C=O) groups is 1. The van der Waals surface area contributed by atoms with E-state index < -0.39 is 0 Å². The van der Waals surface area contributed by atoms with Gasteiger partial charge in [0, 0.05) is 18.3 Å². The van der Waals surface area contributed by atoms with E-state index in [9.17, 15) is 4.79 Å². The number of rotatable bonds is 4. The number of aldehydes is 1. The van der Waals surface area contributed by atoms with Crippen molar-refractivity contribution in [2.24, 2.45) is 0 Å². The van der Waals surface area contributed by atoms with Gasteiger partial charge in [0.05, 0.1) is 0 Å². The highest BCUT2D eigenvalue weighted by Crippen LogP contribution is 2.26. The lowest BCUT2D eigenvalue weighted by Crippen LogP contribution is -2.15. The second-order valence-electron chi connectivity index (χ2n) is 3.87. The molecule has 0 saturated heterocycles. The summed E-state index contributed by atoms with van der Waals surface area (Å²) in [6, 6.07) is 11.7. The maximum Gasteiger partial charge on any atom is 0.200 e. The average molecular weight is 229 g/mol. The molecule has 0 amide bonds. The van der Waals surface area contributed by atoms with Crippen LogP contribution in [0.4, 0.5) is 11.6 Å². The minimum absolute atomic E-state index is 0.352. The molecule has 0 aliphatic heterocycles. The average Bonchev–Trinajstić information content (AvgIpc) is 2.81. The lowest BCUT2D eigenvalue weighted by Gasteiger charge is -2.20. The zero-order valence-electron chi connectivity index (χ0n) is 10.0. The Morgan fingerprint density at radius 1 is 1.18 bits per heavy atom. The smallest absolute Gasteiger partial charge is 0.200 e.